The fourth-order valence-electron chi connectivity index (χ4n) is 6.06. The molecule has 35 heavy (non-hydrogen) atoms. The van der Waals surface area contributed by atoms with Crippen LogP contribution in [-0.2, 0) is 16.0 Å². The number of carbonyl (C=O) groups is 3. The van der Waals surface area contributed by atoms with Crippen molar-refractivity contribution in [2.24, 2.45) is 11.3 Å². The summed E-state index contributed by atoms with van der Waals surface area (Å²) in [4.78, 5) is 51.4. The first-order valence-corrected chi connectivity index (χ1v) is 12.2. The summed E-state index contributed by atoms with van der Waals surface area (Å²) in [7, 11) is 1.60. The lowest BCUT2D eigenvalue weighted by molar-refractivity contribution is -0.136. The number of nitrogens with zero attached hydrogens (tertiary/aromatic N) is 2. The zero-order valence-corrected chi connectivity index (χ0v) is 20.3. The van der Waals surface area contributed by atoms with Crippen LogP contribution in [0, 0.1) is 11.3 Å². The number of carboxylic acid groups (broad SMARTS) is 1. The van der Waals surface area contributed by atoms with Gasteiger partial charge in [0.15, 0.2) is 5.43 Å². The molecule has 0 amide bonds. The average molecular weight is 479 g/mol. The van der Waals surface area contributed by atoms with Crippen LogP contribution < -0.4 is 15.1 Å². The highest BCUT2D eigenvalue weighted by Crippen LogP contribution is 2.46. The standard InChI is InChI=1S/C27H30N2O6/c1-15(2)19-10-16-11-21(28-8-6-27(7-9-28)24(31)4-5-25(27)32)23(35-3)12-17(16)20-13-22(30)18(26(33)34)14-29(19)20/h11-15,19H,4-10H2,1-3H3,(H,33,34). The highest BCUT2D eigenvalue weighted by atomic mass is 16.5. The number of aromatic carboxylic acids is 1. The molecule has 1 aromatic heterocycles. The van der Waals surface area contributed by atoms with Gasteiger partial charge in [-0.1, -0.05) is 13.8 Å². The Balaban J connectivity index is 1.56. The number of carboxylic acids is 1. The maximum atomic E-state index is 12.6. The predicted octanol–water partition coefficient (Wildman–Crippen LogP) is 3.49. The first kappa shape index (κ1) is 23.3. The SMILES string of the molecule is COc1cc2c(cc1N1CCC3(CC1)C(=O)CCC3=O)CC(C(C)C)n1cc(C(=O)O)c(=O)cc1-2. The molecule has 0 radical (unpaired) electrons. The molecule has 8 nitrogen and oxygen atoms in total. The van der Waals surface area contributed by atoms with Gasteiger partial charge in [0.25, 0.3) is 0 Å². The summed E-state index contributed by atoms with van der Waals surface area (Å²) < 4.78 is 7.66. The molecule has 1 aromatic carbocycles. The molecule has 3 aliphatic rings. The van der Waals surface area contributed by atoms with E-state index < -0.39 is 16.8 Å². The highest BCUT2D eigenvalue weighted by molar-refractivity contribution is 6.13. The van der Waals surface area contributed by atoms with E-state index in [4.69, 9.17) is 4.74 Å². The van der Waals surface area contributed by atoms with E-state index in [-0.39, 0.29) is 29.1 Å². The Labute approximate surface area is 203 Å². The summed E-state index contributed by atoms with van der Waals surface area (Å²) in [5.41, 5.74) is 1.97. The van der Waals surface area contributed by atoms with E-state index in [1.165, 1.54) is 12.3 Å². The van der Waals surface area contributed by atoms with Gasteiger partial charge in [-0.3, -0.25) is 14.4 Å². The van der Waals surface area contributed by atoms with Crippen molar-refractivity contribution in [2.75, 3.05) is 25.1 Å². The van der Waals surface area contributed by atoms with E-state index in [1.54, 1.807) is 7.11 Å². The number of anilines is 1. The van der Waals surface area contributed by atoms with Gasteiger partial charge >= 0.3 is 5.97 Å². The molecule has 2 aliphatic heterocycles. The third-order valence-corrected chi connectivity index (χ3v) is 8.15. The van der Waals surface area contributed by atoms with Gasteiger partial charge in [-0.15, -0.1) is 0 Å². The molecule has 1 unspecified atom stereocenters. The van der Waals surface area contributed by atoms with Crippen molar-refractivity contribution in [3.05, 3.63) is 45.7 Å². The van der Waals surface area contributed by atoms with Crippen molar-refractivity contribution in [1.82, 2.24) is 4.57 Å². The fraction of sp³-hybridized carbons (Fsp3) is 0.481. The lowest BCUT2D eigenvalue weighted by atomic mass is 9.75. The van der Waals surface area contributed by atoms with Gasteiger partial charge in [-0.2, -0.15) is 0 Å². The molecule has 0 bridgehead atoms. The summed E-state index contributed by atoms with van der Waals surface area (Å²) in [6.45, 7) is 5.36. The molecule has 2 aromatic rings. The molecule has 5 rings (SSSR count). The number of piperidine rings is 1. The third-order valence-electron chi connectivity index (χ3n) is 8.15. The van der Waals surface area contributed by atoms with Crippen LogP contribution in [0.3, 0.4) is 0 Å². The molecular formula is C27H30N2O6. The van der Waals surface area contributed by atoms with E-state index in [0.29, 0.717) is 56.6 Å². The molecule has 2 fully saturated rings. The normalized spacial score (nSPS) is 20.8. The maximum Gasteiger partial charge on any atom is 0.341 e. The molecule has 1 atom stereocenters. The van der Waals surface area contributed by atoms with Crippen LogP contribution in [0.5, 0.6) is 5.75 Å². The number of aromatic nitrogens is 1. The molecule has 1 N–H and O–H groups in total. The minimum atomic E-state index is -1.23. The number of ether oxygens (including phenoxy) is 1. The highest BCUT2D eigenvalue weighted by Gasteiger charge is 2.50. The van der Waals surface area contributed by atoms with Crippen LogP contribution in [-0.4, -0.2) is 47.4 Å². The Morgan fingerprint density at radius 2 is 1.74 bits per heavy atom. The number of carbonyl (C=O) groups excluding carboxylic acids is 2. The van der Waals surface area contributed by atoms with Crippen LogP contribution in [0.15, 0.2) is 29.2 Å². The van der Waals surface area contributed by atoms with E-state index >= 15 is 0 Å². The molecule has 1 aliphatic carbocycles. The fourth-order valence-corrected chi connectivity index (χ4v) is 6.06. The van der Waals surface area contributed by atoms with Gasteiger partial charge in [0.1, 0.15) is 22.9 Å². The van der Waals surface area contributed by atoms with Crippen LogP contribution in [0.1, 0.15) is 61.5 Å². The summed E-state index contributed by atoms with van der Waals surface area (Å²) >= 11 is 0. The number of methoxy groups -OCH3 is 1. The molecule has 1 spiro atoms. The van der Waals surface area contributed by atoms with Crippen LogP contribution in [0.2, 0.25) is 0 Å². The molecule has 8 heteroatoms. The number of hydrogen-bond donors (Lipinski definition) is 1. The average Bonchev–Trinajstić information content (AvgIpc) is 3.10. The quantitative estimate of drug-likeness (QED) is 0.671. The number of pyridine rings is 1. The molecule has 184 valence electrons. The number of hydrogen-bond acceptors (Lipinski definition) is 6. The Kier molecular flexibility index (Phi) is 5.57. The minimum absolute atomic E-state index is 0.00389. The second-order valence-corrected chi connectivity index (χ2v) is 10.3. The molecule has 3 heterocycles. The number of rotatable bonds is 4. The van der Waals surface area contributed by atoms with Gasteiger partial charge in [-0.05, 0) is 42.9 Å². The first-order valence-electron chi connectivity index (χ1n) is 12.2. The Hall–Kier alpha value is -3.42. The topological polar surface area (TPSA) is 106 Å². The van der Waals surface area contributed by atoms with Crippen molar-refractivity contribution in [1.29, 1.82) is 0 Å². The number of Topliss-reactive ketones (excluding diaryl/α,β-unsaturated/α-hetero) is 2. The monoisotopic (exact) mass is 478 g/mol. The molecule has 1 saturated heterocycles. The van der Waals surface area contributed by atoms with Crippen LogP contribution >= 0.6 is 0 Å². The van der Waals surface area contributed by atoms with Gasteiger partial charge in [-0.25, -0.2) is 4.79 Å². The summed E-state index contributed by atoms with van der Waals surface area (Å²) in [5, 5.41) is 9.48. The Morgan fingerprint density at radius 3 is 2.31 bits per heavy atom. The summed E-state index contributed by atoms with van der Waals surface area (Å²) in [5.74, 6) is -0.197. The summed E-state index contributed by atoms with van der Waals surface area (Å²) in [6, 6.07) is 5.43. The van der Waals surface area contributed by atoms with E-state index in [2.05, 4.69) is 24.8 Å². The number of benzene rings is 1. The van der Waals surface area contributed by atoms with Gasteiger partial charge in [0, 0.05) is 49.8 Å². The zero-order valence-electron chi connectivity index (χ0n) is 20.3. The largest absolute Gasteiger partial charge is 0.495 e. The third kappa shape index (κ3) is 3.58. The van der Waals surface area contributed by atoms with Crippen molar-refractivity contribution in [2.45, 2.75) is 52.0 Å². The lowest BCUT2D eigenvalue weighted by Crippen LogP contribution is -2.45. The number of fused-ring (bicyclic) bond motifs is 3. The summed E-state index contributed by atoms with van der Waals surface area (Å²) in [6.07, 6.45) is 3.92. The van der Waals surface area contributed by atoms with Crippen molar-refractivity contribution in [3.8, 4) is 17.0 Å². The first-order chi connectivity index (χ1) is 16.7. The number of ketones is 2. The molecular weight excluding hydrogens is 448 g/mol. The van der Waals surface area contributed by atoms with Gasteiger partial charge < -0.3 is 19.3 Å². The minimum Gasteiger partial charge on any atom is -0.495 e. The smallest absolute Gasteiger partial charge is 0.341 e. The maximum absolute atomic E-state index is 12.6. The lowest BCUT2D eigenvalue weighted by Gasteiger charge is -2.39. The second kappa shape index (κ2) is 8.36. The Bertz CT molecular complexity index is 1280. The van der Waals surface area contributed by atoms with Gasteiger partial charge in [0.05, 0.1) is 23.9 Å². The molecule has 1 saturated carbocycles. The zero-order chi connectivity index (χ0) is 25.1. The second-order valence-electron chi connectivity index (χ2n) is 10.3. The predicted molar refractivity (Wildman–Crippen MR) is 130 cm³/mol. The van der Waals surface area contributed by atoms with Crippen molar-refractivity contribution < 1.29 is 24.2 Å². The van der Waals surface area contributed by atoms with Crippen LogP contribution in [0.4, 0.5) is 5.69 Å². The van der Waals surface area contributed by atoms with Crippen molar-refractivity contribution >= 4 is 23.2 Å². The van der Waals surface area contributed by atoms with Crippen molar-refractivity contribution in [3.63, 3.8) is 0 Å². The van der Waals surface area contributed by atoms with E-state index in [9.17, 15) is 24.3 Å². The van der Waals surface area contributed by atoms with Gasteiger partial charge in [0.2, 0.25) is 0 Å². The van der Waals surface area contributed by atoms with E-state index in [1.807, 2.05) is 10.6 Å². The Morgan fingerprint density at radius 1 is 1.09 bits per heavy atom. The van der Waals surface area contributed by atoms with Crippen LogP contribution in [0.25, 0.3) is 11.3 Å². The van der Waals surface area contributed by atoms with E-state index in [0.717, 1.165) is 16.8 Å².